The standard InChI is InChI=1S/C11H19F3N2O2/c1-10(15-2,9(17)18)7-16-5-3-8(4-6-16)11(12,13)14/h8,15H,3-7H2,1-2H3,(H,17,18). The first-order chi connectivity index (χ1) is 8.19. The molecule has 1 saturated heterocycles. The van der Waals surface area contributed by atoms with Gasteiger partial charge in [0.05, 0.1) is 5.92 Å². The molecule has 1 aliphatic heterocycles. The number of hydrogen-bond acceptors (Lipinski definition) is 3. The van der Waals surface area contributed by atoms with E-state index in [-0.39, 0.29) is 32.5 Å². The minimum Gasteiger partial charge on any atom is -0.480 e. The Labute approximate surface area is 104 Å². The molecule has 1 rings (SSSR count). The Morgan fingerprint density at radius 2 is 1.89 bits per heavy atom. The van der Waals surface area contributed by atoms with Crippen LogP contribution in [-0.4, -0.2) is 54.4 Å². The van der Waals surface area contributed by atoms with Gasteiger partial charge in [0.1, 0.15) is 5.54 Å². The number of rotatable bonds is 4. The van der Waals surface area contributed by atoms with Gasteiger partial charge in [0, 0.05) is 6.54 Å². The summed E-state index contributed by atoms with van der Waals surface area (Å²) in [6, 6.07) is 0. The molecule has 1 aliphatic rings. The lowest BCUT2D eigenvalue weighted by molar-refractivity contribution is -0.185. The second-order valence-electron chi connectivity index (χ2n) is 4.98. The zero-order chi connectivity index (χ0) is 14.0. The van der Waals surface area contributed by atoms with E-state index in [2.05, 4.69) is 5.32 Å². The van der Waals surface area contributed by atoms with Gasteiger partial charge in [0.2, 0.25) is 0 Å². The summed E-state index contributed by atoms with van der Waals surface area (Å²) in [5.74, 6) is -2.25. The maximum Gasteiger partial charge on any atom is 0.391 e. The fourth-order valence-corrected chi connectivity index (χ4v) is 2.12. The number of carboxylic acid groups (broad SMARTS) is 1. The number of carboxylic acids is 1. The van der Waals surface area contributed by atoms with E-state index in [0.29, 0.717) is 0 Å². The number of halogens is 3. The molecule has 1 unspecified atom stereocenters. The molecule has 0 saturated carbocycles. The van der Waals surface area contributed by atoms with Gasteiger partial charge in [-0.3, -0.25) is 4.79 Å². The quantitative estimate of drug-likeness (QED) is 0.807. The molecule has 0 aliphatic carbocycles. The molecule has 0 spiro atoms. The third kappa shape index (κ3) is 3.58. The number of carbonyl (C=O) groups is 1. The Hall–Kier alpha value is -0.820. The summed E-state index contributed by atoms with van der Waals surface area (Å²) >= 11 is 0. The van der Waals surface area contributed by atoms with Crippen molar-refractivity contribution in [3.8, 4) is 0 Å². The first-order valence-corrected chi connectivity index (χ1v) is 5.90. The number of aliphatic carboxylic acids is 1. The lowest BCUT2D eigenvalue weighted by Crippen LogP contribution is -2.57. The van der Waals surface area contributed by atoms with Crippen LogP contribution in [0.3, 0.4) is 0 Å². The molecule has 0 amide bonds. The smallest absolute Gasteiger partial charge is 0.391 e. The molecular formula is C11H19F3N2O2. The second-order valence-corrected chi connectivity index (χ2v) is 4.98. The van der Waals surface area contributed by atoms with Crippen molar-refractivity contribution in [2.45, 2.75) is 31.5 Å². The van der Waals surface area contributed by atoms with E-state index < -0.39 is 23.6 Å². The molecule has 1 heterocycles. The summed E-state index contributed by atoms with van der Waals surface area (Å²) < 4.78 is 37.4. The SMILES string of the molecule is CNC(C)(CN1CCC(C(F)(F)F)CC1)C(=O)O. The van der Waals surface area contributed by atoms with Gasteiger partial charge >= 0.3 is 12.1 Å². The summed E-state index contributed by atoms with van der Waals surface area (Å²) in [7, 11) is 1.54. The zero-order valence-corrected chi connectivity index (χ0v) is 10.5. The average Bonchev–Trinajstić information content (AvgIpc) is 2.28. The highest BCUT2D eigenvalue weighted by atomic mass is 19.4. The summed E-state index contributed by atoms with van der Waals surface area (Å²) in [4.78, 5) is 12.9. The van der Waals surface area contributed by atoms with Crippen LogP contribution in [0, 0.1) is 5.92 Å². The minimum absolute atomic E-state index is 0.0446. The second kappa shape index (κ2) is 5.44. The summed E-state index contributed by atoms with van der Waals surface area (Å²) in [6.07, 6.45) is -4.04. The van der Waals surface area contributed by atoms with E-state index in [9.17, 15) is 18.0 Å². The summed E-state index contributed by atoms with van der Waals surface area (Å²) in [5.41, 5.74) is -1.12. The van der Waals surface area contributed by atoms with Crippen LogP contribution < -0.4 is 5.32 Å². The molecule has 1 fully saturated rings. The molecule has 4 nitrogen and oxygen atoms in total. The van der Waals surface area contributed by atoms with Crippen LogP contribution >= 0.6 is 0 Å². The number of piperidine rings is 1. The van der Waals surface area contributed by atoms with Crippen LogP contribution in [0.4, 0.5) is 13.2 Å². The predicted molar refractivity (Wildman–Crippen MR) is 60.3 cm³/mol. The predicted octanol–water partition coefficient (Wildman–Crippen LogP) is 1.32. The van der Waals surface area contributed by atoms with Gasteiger partial charge in [-0.2, -0.15) is 13.2 Å². The number of nitrogens with one attached hydrogen (secondary N) is 1. The lowest BCUT2D eigenvalue weighted by Gasteiger charge is -2.37. The van der Waals surface area contributed by atoms with E-state index in [0.717, 1.165) is 0 Å². The number of alkyl halides is 3. The molecule has 0 bridgehead atoms. The molecule has 2 N–H and O–H groups in total. The van der Waals surface area contributed by atoms with E-state index >= 15 is 0 Å². The van der Waals surface area contributed by atoms with Crippen molar-refractivity contribution in [1.29, 1.82) is 0 Å². The fourth-order valence-electron chi connectivity index (χ4n) is 2.12. The molecule has 7 heteroatoms. The maximum atomic E-state index is 12.5. The fraction of sp³-hybridized carbons (Fsp3) is 0.909. The van der Waals surface area contributed by atoms with Crippen LogP contribution in [0.1, 0.15) is 19.8 Å². The first-order valence-electron chi connectivity index (χ1n) is 5.90. The van der Waals surface area contributed by atoms with E-state index in [4.69, 9.17) is 5.11 Å². The molecule has 1 atom stereocenters. The van der Waals surface area contributed by atoms with Gasteiger partial charge in [-0.1, -0.05) is 0 Å². The van der Waals surface area contributed by atoms with Crippen LogP contribution in [0.5, 0.6) is 0 Å². The highest BCUT2D eigenvalue weighted by Gasteiger charge is 2.42. The van der Waals surface area contributed by atoms with Crippen LogP contribution in [0.25, 0.3) is 0 Å². The first kappa shape index (κ1) is 15.2. The minimum atomic E-state index is -4.13. The number of hydrogen-bond donors (Lipinski definition) is 2. The third-order valence-electron chi connectivity index (χ3n) is 3.61. The summed E-state index contributed by atoms with van der Waals surface area (Å²) in [6.45, 7) is 2.32. The molecule has 0 aromatic carbocycles. The van der Waals surface area contributed by atoms with E-state index in [1.165, 1.54) is 14.0 Å². The maximum absolute atomic E-state index is 12.5. The molecule has 106 valence electrons. The topological polar surface area (TPSA) is 52.6 Å². The van der Waals surface area contributed by atoms with Crippen molar-refractivity contribution in [2.24, 2.45) is 5.92 Å². The lowest BCUT2D eigenvalue weighted by atomic mass is 9.94. The highest BCUT2D eigenvalue weighted by Crippen LogP contribution is 2.34. The monoisotopic (exact) mass is 268 g/mol. The number of nitrogens with zero attached hydrogens (tertiary/aromatic N) is 1. The van der Waals surface area contributed by atoms with Crippen molar-refractivity contribution in [3.63, 3.8) is 0 Å². The van der Waals surface area contributed by atoms with E-state index in [1.54, 1.807) is 4.90 Å². The third-order valence-corrected chi connectivity index (χ3v) is 3.61. The van der Waals surface area contributed by atoms with Gasteiger partial charge in [0.15, 0.2) is 0 Å². The molecule has 0 aromatic heterocycles. The molecule has 18 heavy (non-hydrogen) atoms. The van der Waals surface area contributed by atoms with Gasteiger partial charge in [0.25, 0.3) is 0 Å². The number of likely N-dealkylation sites (N-methyl/N-ethyl adjacent to an activating group) is 1. The Morgan fingerprint density at radius 1 is 1.39 bits per heavy atom. The Kier molecular flexibility index (Phi) is 4.61. The zero-order valence-electron chi connectivity index (χ0n) is 10.5. The molecular weight excluding hydrogens is 249 g/mol. The van der Waals surface area contributed by atoms with Crippen molar-refractivity contribution < 1.29 is 23.1 Å². The van der Waals surface area contributed by atoms with Crippen molar-refractivity contribution in [2.75, 3.05) is 26.7 Å². The van der Waals surface area contributed by atoms with Gasteiger partial charge in [-0.05, 0) is 39.9 Å². The Balaban J connectivity index is 2.52. The summed E-state index contributed by atoms with van der Waals surface area (Å²) in [5, 5.41) is 11.8. The Bertz CT molecular complexity index is 301. The normalized spacial score (nSPS) is 22.7. The van der Waals surface area contributed by atoms with Crippen molar-refractivity contribution in [3.05, 3.63) is 0 Å². The van der Waals surface area contributed by atoms with Gasteiger partial charge < -0.3 is 15.3 Å². The number of likely N-dealkylation sites (tertiary alicyclic amines) is 1. The van der Waals surface area contributed by atoms with Crippen molar-refractivity contribution in [1.82, 2.24) is 10.2 Å². The van der Waals surface area contributed by atoms with Gasteiger partial charge in [-0.25, -0.2) is 0 Å². The molecule has 0 radical (unpaired) electrons. The average molecular weight is 268 g/mol. The highest BCUT2D eigenvalue weighted by molar-refractivity contribution is 5.78. The Morgan fingerprint density at radius 3 is 2.22 bits per heavy atom. The van der Waals surface area contributed by atoms with Crippen LogP contribution in [0.15, 0.2) is 0 Å². The largest absolute Gasteiger partial charge is 0.480 e. The van der Waals surface area contributed by atoms with E-state index in [1.807, 2.05) is 0 Å². The van der Waals surface area contributed by atoms with Crippen molar-refractivity contribution >= 4 is 5.97 Å². The van der Waals surface area contributed by atoms with Crippen LogP contribution in [-0.2, 0) is 4.79 Å². The molecule has 0 aromatic rings. The van der Waals surface area contributed by atoms with Crippen LogP contribution in [0.2, 0.25) is 0 Å². The van der Waals surface area contributed by atoms with Gasteiger partial charge in [-0.15, -0.1) is 0 Å².